The maximum atomic E-state index is 11.7. The highest BCUT2D eigenvalue weighted by atomic mass is 16.4. The number of benzene rings is 1. The number of rotatable bonds is 3. The molecule has 0 bridgehead atoms. The molecule has 1 aromatic carbocycles. The van der Waals surface area contributed by atoms with Gasteiger partial charge in [0.1, 0.15) is 6.04 Å². The molecule has 5 nitrogen and oxygen atoms in total. The van der Waals surface area contributed by atoms with Crippen LogP contribution in [0.2, 0.25) is 0 Å². The van der Waals surface area contributed by atoms with Crippen LogP contribution in [0.3, 0.4) is 0 Å². The first kappa shape index (κ1) is 12.0. The number of carboxylic acids is 1. The van der Waals surface area contributed by atoms with Gasteiger partial charge in [-0.25, -0.2) is 0 Å². The summed E-state index contributed by atoms with van der Waals surface area (Å²) >= 11 is 0. The Morgan fingerprint density at radius 2 is 2.06 bits per heavy atom. The molecular weight excluding hydrogens is 208 g/mol. The van der Waals surface area contributed by atoms with Crippen molar-refractivity contribution >= 4 is 17.6 Å². The Balaban J connectivity index is 2.93. The largest absolute Gasteiger partial charge is 0.480 e. The van der Waals surface area contributed by atoms with Crippen LogP contribution in [0.25, 0.3) is 0 Å². The van der Waals surface area contributed by atoms with E-state index in [1.165, 1.54) is 6.92 Å². The number of carbonyl (C=O) groups is 2. The van der Waals surface area contributed by atoms with E-state index in [0.29, 0.717) is 11.3 Å². The molecule has 0 saturated heterocycles. The Kier molecular flexibility index (Phi) is 3.50. The lowest BCUT2D eigenvalue weighted by molar-refractivity contribution is -0.138. The van der Waals surface area contributed by atoms with Crippen LogP contribution in [0.1, 0.15) is 22.8 Å². The number of nitrogens with two attached hydrogens (primary N) is 1. The minimum atomic E-state index is -1.08. The van der Waals surface area contributed by atoms with Crippen LogP contribution in [0.15, 0.2) is 18.2 Å². The second-order valence-electron chi connectivity index (χ2n) is 3.57. The fraction of sp³-hybridized carbons (Fsp3) is 0.273. The summed E-state index contributed by atoms with van der Waals surface area (Å²) in [6.07, 6.45) is 0. The highest BCUT2D eigenvalue weighted by molar-refractivity contribution is 6.02. The van der Waals surface area contributed by atoms with Crippen molar-refractivity contribution in [3.63, 3.8) is 0 Å². The number of aliphatic carboxylic acids is 1. The first-order valence-corrected chi connectivity index (χ1v) is 4.82. The molecule has 86 valence electrons. The Morgan fingerprint density at radius 3 is 2.56 bits per heavy atom. The van der Waals surface area contributed by atoms with Crippen LogP contribution < -0.4 is 11.1 Å². The first-order valence-electron chi connectivity index (χ1n) is 4.82. The molecule has 1 atom stereocenters. The number of aryl methyl sites for hydroxylation is 1. The molecule has 0 saturated carbocycles. The topological polar surface area (TPSA) is 92.4 Å². The average Bonchev–Trinajstić information content (AvgIpc) is 2.16. The zero-order valence-corrected chi connectivity index (χ0v) is 9.15. The van der Waals surface area contributed by atoms with Crippen molar-refractivity contribution in [1.29, 1.82) is 0 Å². The third-order valence-corrected chi connectivity index (χ3v) is 2.25. The zero-order chi connectivity index (χ0) is 12.3. The molecule has 1 rings (SSSR count). The molecule has 0 aliphatic heterocycles. The number of amides is 1. The summed E-state index contributed by atoms with van der Waals surface area (Å²) in [6.45, 7) is 3.14. The lowest BCUT2D eigenvalue weighted by atomic mass is 10.1. The first-order chi connectivity index (χ1) is 7.43. The van der Waals surface area contributed by atoms with Crippen molar-refractivity contribution in [3.05, 3.63) is 29.3 Å². The van der Waals surface area contributed by atoms with Gasteiger partial charge >= 0.3 is 5.97 Å². The lowest BCUT2D eigenvalue weighted by Gasteiger charge is -2.12. The van der Waals surface area contributed by atoms with Crippen molar-refractivity contribution in [2.75, 3.05) is 5.73 Å². The van der Waals surface area contributed by atoms with Gasteiger partial charge < -0.3 is 16.2 Å². The third-order valence-electron chi connectivity index (χ3n) is 2.25. The van der Waals surface area contributed by atoms with Crippen LogP contribution in [0.4, 0.5) is 5.69 Å². The molecule has 0 fully saturated rings. The monoisotopic (exact) mass is 222 g/mol. The van der Waals surface area contributed by atoms with Crippen molar-refractivity contribution in [3.8, 4) is 0 Å². The lowest BCUT2D eigenvalue weighted by Crippen LogP contribution is -2.38. The molecule has 0 radical (unpaired) electrons. The molecule has 5 heteroatoms. The molecule has 1 amide bonds. The predicted octanol–water partition coefficient (Wildman–Crippen LogP) is 0.780. The number of nitrogen functional groups attached to an aromatic ring is 1. The summed E-state index contributed by atoms with van der Waals surface area (Å²) in [5.74, 6) is -1.55. The van der Waals surface area contributed by atoms with E-state index in [0.717, 1.165) is 5.56 Å². The summed E-state index contributed by atoms with van der Waals surface area (Å²) in [6, 6.07) is 4.15. The van der Waals surface area contributed by atoms with Gasteiger partial charge in [0.2, 0.25) is 0 Å². The van der Waals surface area contributed by atoms with E-state index >= 15 is 0 Å². The van der Waals surface area contributed by atoms with E-state index in [1.807, 2.05) is 0 Å². The SMILES string of the molecule is Cc1cccc(N)c1C(=O)N[C@@H](C)C(=O)O. The molecule has 0 aliphatic rings. The zero-order valence-electron chi connectivity index (χ0n) is 9.15. The van der Waals surface area contributed by atoms with E-state index in [2.05, 4.69) is 5.32 Å². The number of anilines is 1. The van der Waals surface area contributed by atoms with Crippen LogP contribution >= 0.6 is 0 Å². The minimum Gasteiger partial charge on any atom is -0.480 e. The summed E-state index contributed by atoms with van der Waals surface area (Å²) in [7, 11) is 0. The van der Waals surface area contributed by atoms with Crippen molar-refractivity contribution in [2.24, 2.45) is 0 Å². The number of hydrogen-bond acceptors (Lipinski definition) is 3. The number of hydrogen-bond donors (Lipinski definition) is 3. The van der Waals surface area contributed by atoms with Gasteiger partial charge in [-0.1, -0.05) is 12.1 Å². The van der Waals surface area contributed by atoms with Crippen LogP contribution in [-0.2, 0) is 4.79 Å². The van der Waals surface area contributed by atoms with Crippen molar-refractivity contribution in [1.82, 2.24) is 5.32 Å². The second kappa shape index (κ2) is 4.65. The molecule has 0 heterocycles. The van der Waals surface area contributed by atoms with Gasteiger partial charge in [-0.05, 0) is 25.5 Å². The van der Waals surface area contributed by atoms with Gasteiger partial charge in [0.25, 0.3) is 5.91 Å². The van der Waals surface area contributed by atoms with Crippen LogP contribution in [0, 0.1) is 6.92 Å². The van der Waals surface area contributed by atoms with Crippen molar-refractivity contribution < 1.29 is 14.7 Å². The van der Waals surface area contributed by atoms with Gasteiger partial charge in [0.15, 0.2) is 0 Å². The molecule has 0 unspecified atom stereocenters. The Hall–Kier alpha value is -2.04. The normalized spacial score (nSPS) is 11.9. The summed E-state index contributed by atoms with van der Waals surface area (Å²) in [5, 5.41) is 11.0. The second-order valence-corrected chi connectivity index (χ2v) is 3.57. The van der Waals surface area contributed by atoms with E-state index in [1.54, 1.807) is 25.1 Å². The minimum absolute atomic E-state index is 0.329. The smallest absolute Gasteiger partial charge is 0.325 e. The summed E-state index contributed by atoms with van der Waals surface area (Å²) in [4.78, 5) is 22.3. The fourth-order valence-corrected chi connectivity index (χ4v) is 1.33. The Labute approximate surface area is 93.3 Å². The molecule has 0 aliphatic carbocycles. The highest BCUT2D eigenvalue weighted by Crippen LogP contribution is 2.15. The van der Waals surface area contributed by atoms with Crippen LogP contribution in [-0.4, -0.2) is 23.0 Å². The van der Waals surface area contributed by atoms with Crippen LogP contribution in [0.5, 0.6) is 0 Å². The molecule has 16 heavy (non-hydrogen) atoms. The van der Waals surface area contributed by atoms with Gasteiger partial charge in [-0.3, -0.25) is 9.59 Å². The van der Waals surface area contributed by atoms with Crippen molar-refractivity contribution in [2.45, 2.75) is 19.9 Å². The number of nitrogens with one attached hydrogen (secondary N) is 1. The van der Waals surface area contributed by atoms with E-state index < -0.39 is 17.9 Å². The molecular formula is C11H14N2O3. The third kappa shape index (κ3) is 2.50. The summed E-state index contributed by atoms with van der Waals surface area (Å²) in [5.41, 5.74) is 7.06. The molecule has 0 spiro atoms. The van der Waals surface area contributed by atoms with E-state index in [9.17, 15) is 9.59 Å². The van der Waals surface area contributed by atoms with E-state index in [4.69, 9.17) is 10.8 Å². The standard InChI is InChI=1S/C11H14N2O3/c1-6-4-3-5-8(12)9(6)10(14)13-7(2)11(15)16/h3-5,7H,12H2,1-2H3,(H,13,14)(H,15,16)/t7-/m0/s1. The Morgan fingerprint density at radius 1 is 1.44 bits per heavy atom. The number of carboxylic acid groups (broad SMARTS) is 1. The fourth-order valence-electron chi connectivity index (χ4n) is 1.33. The maximum absolute atomic E-state index is 11.7. The highest BCUT2D eigenvalue weighted by Gasteiger charge is 2.18. The molecule has 4 N–H and O–H groups in total. The predicted molar refractivity (Wildman–Crippen MR) is 60.2 cm³/mol. The van der Waals surface area contributed by atoms with Gasteiger partial charge in [0, 0.05) is 5.69 Å². The number of carbonyl (C=O) groups excluding carboxylic acids is 1. The van der Waals surface area contributed by atoms with Gasteiger partial charge in [0.05, 0.1) is 5.56 Å². The van der Waals surface area contributed by atoms with Gasteiger partial charge in [-0.15, -0.1) is 0 Å². The maximum Gasteiger partial charge on any atom is 0.325 e. The summed E-state index contributed by atoms with van der Waals surface area (Å²) < 4.78 is 0. The Bertz CT molecular complexity index is 409. The van der Waals surface area contributed by atoms with E-state index in [-0.39, 0.29) is 0 Å². The molecule has 0 aromatic heterocycles. The van der Waals surface area contributed by atoms with Gasteiger partial charge in [-0.2, -0.15) is 0 Å². The molecule has 1 aromatic rings. The quantitative estimate of drug-likeness (QED) is 0.659. The average molecular weight is 222 g/mol.